The molecule has 0 bridgehead atoms. The minimum atomic E-state index is -0.426. The first kappa shape index (κ1) is 15.7. The molecule has 6 heteroatoms. The average Bonchev–Trinajstić information content (AvgIpc) is 2.56. The Morgan fingerprint density at radius 1 is 1.14 bits per heavy atom. The van der Waals surface area contributed by atoms with Crippen molar-refractivity contribution in [1.82, 2.24) is 5.43 Å². The summed E-state index contributed by atoms with van der Waals surface area (Å²) in [5, 5.41) is 6.60. The van der Waals surface area contributed by atoms with Crippen LogP contribution >= 0.6 is 12.2 Å². The van der Waals surface area contributed by atoms with Crippen molar-refractivity contribution in [2.45, 2.75) is 0 Å². The molecule has 0 spiro atoms. The average molecular weight is 313 g/mol. The minimum absolute atomic E-state index is 0.0111. The number of ether oxygens (including phenoxy) is 1. The van der Waals surface area contributed by atoms with Gasteiger partial charge in [-0.05, 0) is 29.8 Å². The molecule has 0 aliphatic carbocycles. The monoisotopic (exact) mass is 313 g/mol. The van der Waals surface area contributed by atoms with Crippen molar-refractivity contribution in [3.05, 3.63) is 60.2 Å². The van der Waals surface area contributed by atoms with E-state index in [4.69, 9.17) is 17.0 Å². The Morgan fingerprint density at radius 3 is 2.45 bits per heavy atom. The molecule has 0 saturated heterocycles. The van der Waals surface area contributed by atoms with E-state index >= 15 is 0 Å². The van der Waals surface area contributed by atoms with Crippen molar-refractivity contribution in [2.24, 2.45) is 5.10 Å². The maximum absolute atomic E-state index is 11.9. The maximum atomic E-state index is 11.9. The number of methoxy groups -OCH3 is 1. The lowest BCUT2D eigenvalue weighted by molar-refractivity contribution is -0.110. The van der Waals surface area contributed by atoms with Crippen LogP contribution in [0, 0.1) is 0 Å². The number of nitrogens with one attached hydrogen (secondary N) is 2. The van der Waals surface area contributed by atoms with E-state index in [1.54, 1.807) is 37.6 Å². The Labute approximate surface area is 134 Å². The van der Waals surface area contributed by atoms with Crippen LogP contribution < -0.4 is 15.5 Å². The van der Waals surface area contributed by atoms with Gasteiger partial charge in [0.1, 0.15) is 5.75 Å². The Balaban J connectivity index is 1.86. The Hall–Kier alpha value is -2.73. The zero-order valence-corrected chi connectivity index (χ0v) is 12.8. The number of thiocarbonyl (C=S) groups is 1. The smallest absolute Gasteiger partial charge is 0.284 e. The van der Waals surface area contributed by atoms with Crippen LogP contribution in [0.1, 0.15) is 5.56 Å². The summed E-state index contributed by atoms with van der Waals surface area (Å²) in [5.74, 6) is 0.288. The molecule has 0 fully saturated rings. The second kappa shape index (κ2) is 7.90. The highest BCUT2D eigenvalue weighted by Gasteiger charge is 2.08. The molecule has 0 aliphatic heterocycles. The van der Waals surface area contributed by atoms with Gasteiger partial charge >= 0.3 is 0 Å². The number of rotatable bonds is 4. The van der Waals surface area contributed by atoms with Crippen LogP contribution in [0.5, 0.6) is 5.75 Å². The predicted octanol–water partition coefficient (Wildman–Crippen LogP) is 2.58. The van der Waals surface area contributed by atoms with Crippen LogP contribution in [0.15, 0.2) is 59.7 Å². The summed E-state index contributed by atoms with van der Waals surface area (Å²) >= 11 is 4.98. The molecule has 0 atom stereocenters. The van der Waals surface area contributed by atoms with Crippen molar-refractivity contribution < 1.29 is 9.53 Å². The molecule has 2 N–H and O–H groups in total. The molecular weight excluding hydrogens is 298 g/mol. The van der Waals surface area contributed by atoms with Crippen molar-refractivity contribution in [2.75, 3.05) is 12.4 Å². The van der Waals surface area contributed by atoms with Crippen LogP contribution in [0.2, 0.25) is 0 Å². The van der Waals surface area contributed by atoms with E-state index in [0.717, 1.165) is 5.56 Å². The number of carbonyl (C=O) groups excluding carboxylic acids is 1. The van der Waals surface area contributed by atoms with Crippen molar-refractivity contribution in [3.63, 3.8) is 0 Å². The van der Waals surface area contributed by atoms with Gasteiger partial charge in [0, 0.05) is 5.69 Å². The van der Waals surface area contributed by atoms with Gasteiger partial charge in [-0.15, -0.1) is 0 Å². The third-order valence-electron chi connectivity index (χ3n) is 2.73. The highest BCUT2D eigenvalue weighted by atomic mass is 32.1. The third kappa shape index (κ3) is 4.68. The summed E-state index contributed by atoms with van der Waals surface area (Å²) in [5.41, 5.74) is 4.08. The van der Waals surface area contributed by atoms with Gasteiger partial charge in [-0.2, -0.15) is 5.10 Å². The summed E-state index contributed by atoms with van der Waals surface area (Å²) in [6.07, 6.45) is 1.59. The van der Waals surface area contributed by atoms with Crippen LogP contribution in [0.4, 0.5) is 5.69 Å². The SMILES string of the molecule is COc1ccc(NC(=O)C(=S)N/N=C/c2ccccc2)cc1. The maximum Gasteiger partial charge on any atom is 0.284 e. The lowest BCUT2D eigenvalue weighted by Crippen LogP contribution is -2.30. The molecule has 112 valence electrons. The van der Waals surface area contributed by atoms with Crippen LogP contribution in [-0.4, -0.2) is 24.2 Å². The van der Waals surface area contributed by atoms with Gasteiger partial charge in [0.25, 0.3) is 5.91 Å². The molecule has 0 unspecified atom stereocenters. The number of carbonyl (C=O) groups is 1. The van der Waals surface area contributed by atoms with E-state index in [0.29, 0.717) is 11.4 Å². The first-order chi connectivity index (χ1) is 10.7. The largest absolute Gasteiger partial charge is 0.497 e. The Kier molecular flexibility index (Phi) is 5.62. The molecule has 0 radical (unpaired) electrons. The number of anilines is 1. The lowest BCUT2D eigenvalue weighted by atomic mass is 10.2. The molecule has 0 aromatic heterocycles. The zero-order valence-electron chi connectivity index (χ0n) is 11.9. The summed E-state index contributed by atoms with van der Waals surface area (Å²) in [7, 11) is 1.58. The van der Waals surface area contributed by atoms with Crippen molar-refractivity contribution >= 4 is 35.0 Å². The zero-order chi connectivity index (χ0) is 15.8. The fourth-order valence-corrected chi connectivity index (χ4v) is 1.72. The Morgan fingerprint density at radius 2 is 1.82 bits per heavy atom. The van der Waals surface area contributed by atoms with Gasteiger partial charge < -0.3 is 10.1 Å². The molecule has 1 amide bonds. The second-order valence-corrected chi connectivity index (χ2v) is 4.70. The molecule has 22 heavy (non-hydrogen) atoms. The fourth-order valence-electron chi connectivity index (χ4n) is 1.62. The number of hydrogen-bond donors (Lipinski definition) is 2. The number of benzene rings is 2. The quantitative estimate of drug-likeness (QED) is 0.517. The van der Waals surface area contributed by atoms with E-state index in [2.05, 4.69) is 15.8 Å². The van der Waals surface area contributed by atoms with Gasteiger partial charge in [0.2, 0.25) is 0 Å². The molecule has 2 aromatic carbocycles. The van der Waals surface area contributed by atoms with Crippen LogP contribution in [-0.2, 0) is 4.79 Å². The first-order valence-electron chi connectivity index (χ1n) is 6.52. The van der Waals surface area contributed by atoms with Gasteiger partial charge in [-0.3, -0.25) is 10.2 Å². The predicted molar refractivity (Wildman–Crippen MR) is 91.4 cm³/mol. The highest BCUT2D eigenvalue weighted by Crippen LogP contribution is 2.14. The molecule has 2 aromatic rings. The number of nitrogens with zero attached hydrogens (tertiary/aromatic N) is 1. The summed E-state index contributed by atoms with van der Waals surface area (Å²) in [6, 6.07) is 16.5. The topological polar surface area (TPSA) is 62.7 Å². The highest BCUT2D eigenvalue weighted by molar-refractivity contribution is 7.82. The third-order valence-corrected chi connectivity index (χ3v) is 3.01. The van der Waals surface area contributed by atoms with Gasteiger partial charge in [0.05, 0.1) is 13.3 Å². The molecule has 0 saturated carbocycles. The standard InChI is InChI=1S/C16H15N3O2S/c1-21-14-9-7-13(8-10-14)18-15(20)16(22)19-17-11-12-5-3-2-4-6-12/h2-11H,1H3,(H,18,20)(H,19,22)/b17-11+. The Bertz CT molecular complexity index is 670. The van der Waals surface area contributed by atoms with Crippen LogP contribution in [0.25, 0.3) is 0 Å². The summed E-state index contributed by atoms with van der Waals surface area (Å²) in [4.78, 5) is 11.9. The molecule has 0 aliphatic rings. The second-order valence-electron chi connectivity index (χ2n) is 4.29. The summed E-state index contributed by atoms with van der Waals surface area (Å²) in [6.45, 7) is 0. The van der Waals surface area contributed by atoms with E-state index in [1.807, 2.05) is 30.3 Å². The normalized spacial score (nSPS) is 10.2. The van der Waals surface area contributed by atoms with Gasteiger partial charge in [-0.1, -0.05) is 42.5 Å². The molecule has 2 rings (SSSR count). The summed E-state index contributed by atoms with van der Waals surface area (Å²) < 4.78 is 5.05. The van der Waals surface area contributed by atoms with Gasteiger partial charge in [-0.25, -0.2) is 0 Å². The van der Waals surface area contributed by atoms with Crippen LogP contribution in [0.3, 0.4) is 0 Å². The number of hydrogen-bond acceptors (Lipinski definition) is 4. The van der Waals surface area contributed by atoms with E-state index in [-0.39, 0.29) is 4.99 Å². The minimum Gasteiger partial charge on any atom is -0.497 e. The van der Waals surface area contributed by atoms with Gasteiger partial charge in [0.15, 0.2) is 4.99 Å². The molecule has 0 heterocycles. The van der Waals surface area contributed by atoms with E-state index < -0.39 is 5.91 Å². The van der Waals surface area contributed by atoms with E-state index in [9.17, 15) is 4.79 Å². The molecular formula is C16H15N3O2S. The number of amides is 1. The lowest BCUT2D eigenvalue weighted by Gasteiger charge is -2.06. The van der Waals surface area contributed by atoms with Crippen molar-refractivity contribution in [1.29, 1.82) is 0 Å². The first-order valence-corrected chi connectivity index (χ1v) is 6.93. The fraction of sp³-hybridized carbons (Fsp3) is 0.0625. The van der Waals surface area contributed by atoms with E-state index in [1.165, 1.54) is 0 Å². The number of hydrazone groups is 1. The molecule has 5 nitrogen and oxygen atoms in total. The van der Waals surface area contributed by atoms with Crippen molar-refractivity contribution in [3.8, 4) is 5.75 Å².